The van der Waals surface area contributed by atoms with Crippen molar-refractivity contribution >= 4 is 11.9 Å². The molecule has 110 valence electrons. The molecule has 0 aromatic heterocycles. The highest BCUT2D eigenvalue weighted by molar-refractivity contribution is 5.86. The Labute approximate surface area is 117 Å². The topological polar surface area (TPSA) is 43.4 Å². The van der Waals surface area contributed by atoms with Crippen molar-refractivity contribution in [3.8, 4) is 0 Å². The molecule has 1 aliphatic carbocycles. The van der Waals surface area contributed by atoms with Crippen molar-refractivity contribution < 1.29 is 14.3 Å². The molecule has 0 radical (unpaired) electrons. The molecule has 19 heavy (non-hydrogen) atoms. The lowest BCUT2D eigenvalue weighted by molar-refractivity contribution is -0.163. The second-order valence-corrected chi connectivity index (χ2v) is 5.65. The largest absolute Gasteiger partial charge is 0.393 e. The molecule has 1 aliphatic rings. The fourth-order valence-electron chi connectivity index (χ4n) is 2.63. The predicted molar refractivity (Wildman–Crippen MR) is 75.7 cm³/mol. The van der Waals surface area contributed by atoms with E-state index in [0.29, 0.717) is 6.42 Å². The second-order valence-electron chi connectivity index (χ2n) is 5.65. The van der Waals surface area contributed by atoms with Gasteiger partial charge in [0.1, 0.15) is 0 Å². The minimum Gasteiger partial charge on any atom is -0.393 e. The van der Waals surface area contributed by atoms with Crippen LogP contribution in [0.1, 0.15) is 84.0 Å². The van der Waals surface area contributed by atoms with Crippen LogP contribution in [0, 0.1) is 5.92 Å². The van der Waals surface area contributed by atoms with E-state index in [1.54, 1.807) is 0 Å². The normalized spacial score (nSPS) is 16.3. The molecule has 1 fully saturated rings. The minimum absolute atomic E-state index is 0.0257. The van der Waals surface area contributed by atoms with Gasteiger partial charge in [0.25, 0.3) is 0 Å². The van der Waals surface area contributed by atoms with Crippen LogP contribution < -0.4 is 0 Å². The van der Waals surface area contributed by atoms with Gasteiger partial charge < -0.3 is 4.74 Å². The number of hydrogen-bond donors (Lipinski definition) is 0. The average Bonchev–Trinajstić information content (AvgIpc) is 2.43. The Morgan fingerprint density at radius 1 is 0.947 bits per heavy atom. The molecule has 0 saturated heterocycles. The van der Waals surface area contributed by atoms with E-state index in [-0.39, 0.29) is 17.9 Å². The van der Waals surface area contributed by atoms with Crippen LogP contribution in [0.2, 0.25) is 0 Å². The fraction of sp³-hybridized carbons (Fsp3) is 0.875. The molecule has 3 nitrogen and oxygen atoms in total. The molecular weight excluding hydrogens is 240 g/mol. The van der Waals surface area contributed by atoms with E-state index in [1.807, 2.05) is 0 Å². The van der Waals surface area contributed by atoms with Crippen molar-refractivity contribution in [2.45, 2.75) is 84.0 Å². The monoisotopic (exact) mass is 268 g/mol. The Kier molecular flexibility index (Phi) is 8.52. The highest BCUT2D eigenvalue weighted by atomic mass is 16.6. The van der Waals surface area contributed by atoms with E-state index in [2.05, 4.69) is 6.92 Å². The van der Waals surface area contributed by atoms with E-state index in [4.69, 9.17) is 4.74 Å². The van der Waals surface area contributed by atoms with Gasteiger partial charge in [0.05, 0.1) is 5.92 Å². The number of carbonyl (C=O) groups is 2. The summed E-state index contributed by atoms with van der Waals surface area (Å²) in [5.41, 5.74) is 0. The maximum atomic E-state index is 11.7. The van der Waals surface area contributed by atoms with Crippen LogP contribution in [0.4, 0.5) is 0 Å². The first-order valence-corrected chi connectivity index (χ1v) is 7.98. The lowest BCUT2D eigenvalue weighted by atomic mass is 9.89. The number of hydrogen-bond acceptors (Lipinski definition) is 3. The zero-order valence-electron chi connectivity index (χ0n) is 12.3. The highest BCUT2D eigenvalue weighted by Crippen LogP contribution is 2.24. The van der Waals surface area contributed by atoms with Gasteiger partial charge >= 0.3 is 11.9 Å². The van der Waals surface area contributed by atoms with Crippen LogP contribution in [-0.4, -0.2) is 11.9 Å². The third kappa shape index (κ3) is 7.34. The molecule has 0 aromatic carbocycles. The maximum Gasteiger partial charge on any atom is 0.316 e. The van der Waals surface area contributed by atoms with Crippen molar-refractivity contribution in [1.82, 2.24) is 0 Å². The van der Waals surface area contributed by atoms with Crippen LogP contribution in [0.3, 0.4) is 0 Å². The summed E-state index contributed by atoms with van der Waals surface area (Å²) in [6, 6.07) is 0. The third-order valence-corrected chi connectivity index (χ3v) is 3.89. The zero-order chi connectivity index (χ0) is 13.9. The molecule has 0 amide bonds. The summed E-state index contributed by atoms with van der Waals surface area (Å²) in [5, 5.41) is 0. The number of unbranched alkanes of at least 4 members (excludes halogenated alkanes) is 5. The van der Waals surface area contributed by atoms with Crippen molar-refractivity contribution in [3.05, 3.63) is 0 Å². The molecule has 0 spiro atoms. The Morgan fingerprint density at radius 2 is 1.58 bits per heavy atom. The lowest BCUT2D eigenvalue weighted by Gasteiger charge is -2.19. The molecule has 1 rings (SSSR count). The first kappa shape index (κ1) is 16.2. The van der Waals surface area contributed by atoms with E-state index >= 15 is 0 Å². The molecule has 1 saturated carbocycles. The molecule has 0 aromatic rings. The van der Waals surface area contributed by atoms with E-state index in [1.165, 1.54) is 32.1 Å². The van der Waals surface area contributed by atoms with Gasteiger partial charge in [0.2, 0.25) is 0 Å². The summed E-state index contributed by atoms with van der Waals surface area (Å²) in [6.07, 6.45) is 12.4. The van der Waals surface area contributed by atoms with Crippen molar-refractivity contribution in [3.63, 3.8) is 0 Å². The quantitative estimate of drug-likeness (QED) is 0.372. The molecule has 0 N–H and O–H groups in total. The number of rotatable bonds is 8. The van der Waals surface area contributed by atoms with Gasteiger partial charge in [-0.2, -0.15) is 0 Å². The molecule has 3 heteroatoms. The van der Waals surface area contributed by atoms with Crippen molar-refractivity contribution in [2.24, 2.45) is 5.92 Å². The smallest absolute Gasteiger partial charge is 0.316 e. The van der Waals surface area contributed by atoms with Crippen molar-refractivity contribution in [1.29, 1.82) is 0 Å². The Balaban J connectivity index is 2.04. The maximum absolute atomic E-state index is 11.7. The van der Waals surface area contributed by atoms with Gasteiger partial charge in [0.15, 0.2) is 0 Å². The summed E-state index contributed by atoms with van der Waals surface area (Å²) in [6.45, 7) is 2.19. The number of ether oxygens (including phenoxy) is 1. The minimum atomic E-state index is -0.328. The van der Waals surface area contributed by atoms with Crippen LogP contribution in [-0.2, 0) is 14.3 Å². The standard InChI is InChI=1S/C16H28O3/c1-2-3-4-5-6-10-13-15(17)19-16(18)14-11-8-7-9-12-14/h14H,2-13H2,1H3. The van der Waals surface area contributed by atoms with E-state index < -0.39 is 0 Å². The van der Waals surface area contributed by atoms with Gasteiger partial charge in [-0.15, -0.1) is 0 Å². The zero-order valence-corrected chi connectivity index (χ0v) is 12.3. The summed E-state index contributed by atoms with van der Waals surface area (Å²) in [7, 11) is 0. The molecule has 0 aliphatic heterocycles. The van der Waals surface area contributed by atoms with Crippen molar-refractivity contribution in [2.75, 3.05) is 0 Å². The lowest BCUT2D eigenvalue weighted by Crippen LogP contribution is -2.23. The molecule has 0 atom stereocenters. The Bertz CT molecular complexity index is 267. The SMILES string of the molecule is CCCCCCCCC(=O)OC(=O)C1CCCCC1. The summed E-state index contributed by atoms with van der Waals surface area (Å²) >= 11 is 0. The molecule has 0 bridgehead atoms. The van der Waals surface area contributed by atoms with E-state index in [9.17, 15) is 9.59 Å². The van der Waals surface area contributed by atoms with Crippen LogP contribution in [0.5, 0.6) is 0 Å². The Hall–Kier alpha value is -0.860. The molecule has 0 heterocycles. The number of carbonyl (C=O) groups excluding carboxylic acids is 2. The molecule has 0 unspecified atom stereocenters. The third-order valence-electron chi connectivity index (χ3n) is 3.89. The van der Waals surface area contributed by atoms with Crippen LogP contribution >= 0.6 is 0 Å². The Morgan fingerprint density at radius 3 is 2.26 bits per heavy atom. The van der Waals surface area contributed by atoms with Crippen LogP contribution in [0.15, 0.2) is 0 Å². The van der Waals surface area contributed by atoms with Gasteiger partial charge in [-0.3, -0.25) is 9.59 Å². The first-order chi connectivity index (χ1) is 9.24. The van der Waals surface area contributed by atoms with Gasteiger partial charge in [-0.1, -0.05) is 58.3 Å². The summed E-state index contributed by atoms with van der Waals surface area (Å²) in [5.74, 6) is -0.635. The first-order valence-electron chi connectivity index (χ1n) is 7.98. The number of esters is 2. The predicted octanol–water partition coefficient (Wildman–Crippen LogP) is 4.39. The summed E-state index contributed by atoms with van der Waals surface area (Å²) in [4.78, 5) is 23.3. The van der Waals surface area contributed by atoms with Gasteiger partial charge in [0, 0.05) is 6.42 Å². The average molecular weight is 268 g/mol. The second kappa shape index (κ2) is 9.99. The van der Waals surface area contributed by atoms with E-state index in [0.717, 1.165) is 38.5 Å². The van der Waals surface area contributed by atoms with Crippen LogP contribution in [0.25, 0.3) is 0 Å². The fourth-order valence-corrected chi connectivity index (χ4v) is 2.63. The van der Waals surface area contributed by atoms with Gasteiger partial charge in [-0.05, 0) is 19.3 Å². The highest BCUT2D eigenvalue weighted by Gasteiger charge is 2.24. The molecular formula is C16H28O3. The van der Waals surface area contributed by atoms with Gasteiger partial charge in [-0.25, -0.2) is 0 Å². The summed E-state index contributed by atoms with van der Waals surface area (Å²) < 4.78 is 4.94.